The van der Waals surface area contributed by atoms with Crippen molar-refractivity contribution in [3.05, 3.63) is 35.6 Å². The first kappa shape index (κ1) is 7.60. The molecular weight excluding hydrogens is 144 g/mol. The molecule has 0 aromatic carbocycles. The lowest BCUT2D eigenvalue weighted by Gasteiger charge is -2.03. The molecule has 2 N–H and O–H groups in total. The van der Waals surface area contributed by atoms with Gasteiger partial charge in [-0.3, -0.25) is 0 Å². The molecule has 0 heterocycles. The lowest BCUT2D eigenvalue weighted by molar-refractivity contribution is -0.132. The highest BCUT2D eigenvalue weighted by Gasteiger charge is 2.06. The third-order valence-electron chi connectivity index (χ3n) is 1.45. The summed E-state index contributed by atoms with van der Waals surface area (Å²) in [5, 5.41) is 17.0. The summed E-state index contributed by atoms with van der Waals surface area (Å²) >= 11 is 0. The molecule has 0 spiro atoms. The third-order valence-corrected chi connectivity index (χ3v) is 1.45. The molecule has 1 aliphatic carbocycles. The number of allylic oxidation sites excluding steroid dienone is 3. The lowest BCUT2D eigenvalue weighted by Crippen LogP contribution is -2.00. The minimum atomic E-state index is -0.932. The molecule has 0 aliphatic heterocycles. The molecule has 0 aromatic rings. The summed E-state index contributed by atoms with van der Waals surface area (Å²) in [6, 6.07) is 0. The predicted octanol–water partition coefficient (Wildman–Crippen LogP) is 1.40. The van der Waals surface area contributed by atoms with Crippen LogP contribution in [0.15, 0.2) is 35.6 Å². The number of carboxylic acids is 1. The van der Waals surface area contributed by atoms with E-state index in [-0.39, 0.29) is 5.57 Å². The van der Waals surface area contributed by atoms with E-state index in [0.717, 1.165) is 11.8 Å². The maximum absolute atomic E-state index is 10.3. The van der Waals surface area contributed by atoms with Crippen molar-refractivity contribution in [2.45, 2.75) is 6.42 Å². The second-order valence-electron chi connectivity index (χ2n) is 2.21. The van der Waals surface area contributed by atoms with Gasteiger partial charge in [-0.1, -0.05) is 12.2 Å². The molecule has 0 unspecified atom stereocenters. The molecule has 58 valence electrons. The van der Waals surface area contributed by atoms with E-state index in [9.17, 15) is 4.79 Å². The average Bonchev–Trinajstić information content (AvgIpc) is 2.05. The molecule has 0 fully saturated rings. The van der Waals surface area contributed by atoms with Crippen molar-refractivity contribution in [3.8, 4) is 0 Å². The monoisotopic (exact) mass is 152 g/mol. The fourth-order valence-electron chi connectivity index (χ4n) is 0.815. The molecule has 0 bridgehead atoms. The SMILES string of the molecule is O=C(O)C1=CCC(=CO)C=C1. The van der Waals surface area contributed by atoms with Gasteiger partial charge in [0.1, 0.15) is 0 Å². The normalized spacial score (nSPS) is 20.0. The molecule has 0 amide bonds. The van der Waals surface area contributed by atoms with Crippen LogP contribution in [0, 0.1) is 0 Å². The van der Waals surface area contributed by atoms with Gasteiger partial charge in [-0.25, -0.2) is 4.79 Å². The van der Waals surface area contributed by atoms with E-state index in [1.165, 1.54) is 6.08 Å². The quantitative estimate of drug-likeness (QED) is 0.558. The molecule has 0 atom stereocenters. The Labute approximate surface area is 64.0 Å². The fourth-order valence-corrected chi connectivity index (χ4v) is 0.815. The maximum atomic E-state index is 10.3. The molecule has 11 heavy (non-hydrogen) atoms. The zero-order valence-electron chi connectivity index (χ0n) is 5.82. The molecule has 0 radical (unpaired) electrons. The minimum Gasteiger partial charge on any atom is -0.515 e. The highest BCUT2D eigenvalue weighted by molar-refractivity contribution is 5.90. The van der Waals surface area contributed by atoms with Crippen molar-refractivity contribution < 1.29 is 15.0 Å². The van der Waals surface area contributed by atoms with Crippen LogP contribution in [0.4, 0.5) is 0 Å². The van der Waals surface area contributed by atoms with Gasteiger partial charge >= 0.3 is 5.97 Å². The Morgan fingerprint density at radius 3 is 2.64 bits per heavy atom. The van der Waals surface area contributed by atoms with Crippen LogP contribution in [0.1, 0.15) is 6.42 Å². The topological polar surface area (TPSA) is 57.5 Å². The van der Waals surface area contributed by atoms with Gasteiger partial charge < -0.3 is 10.2 Å². The van der Waals surface area contributed by atoms with Gasteiger partial charge in [0.15, 0.2) is 0 Å². The van der Waals surface area contributed by atoms with Crippen LogP contribution < -0.4 is 0 Å². The largest absolute Gasteiger partial charge is 0.515 e. The van der Waals surface area contributed by atoms with Gasteiger partial charge in [-0.15, -0.1) is 0 Å². The third kappa shape index (κ3) is 1.70. The molecule has 3 nitrogen and oxygen atoms in total. The summed E-state index contributed by atoms with van der Waals surface area (Å²) in [7, 11) is 0. The number of carbonyl (C=O) groups is 1. The molecule has 0 saturated carbocycles. The Morgan fingerprint density at radius 2 is 2.27 bits per heavy atom. The maximum Gasteiger partial charge on any atom is 0.335 e. The second-order valence-corrected chi connectivity index (χ2v) is 2.21. The van der Waals surface area contributed by atoms with E-state index in [1.54, 1.807) is 12.2 Å². The fraction of sp³-hybridized carbons (Fsp3) is 0.125. The first-order valence-electron chi connectivity index (χ1n) is 3.19. The Morgan fingerprint density at radius 1 is 1.55 bits per heavy atom. The Hall–Kier alpha value is -1.51. The van der Waals surface area contributed by atoms with Crippen LogP contribution in [0.25, 0.3) is 0 Å². The van der Waals surface area contributed by atoms with Crippen molar-refractivity contribution >= 4 is 5.97 Å². The molecule has 1 rings (SSSR count). The minimum absolute atomic E-state index is 0.274. The van der Waals surface area contributed by atoms with Gasteiger partial charge in [0.05, 0.1) is 11.8 Å². The van der Waals surface area contributed by atoms with E-state index in [4.69, 9.17) is 10.2 Å². The first-order valence-corrected chi connectivity index (χ1v) is 3.19. The predicted molar refractivity (Wildman–Crippen MR) is 40.2 cm³/mol. The van der Waals surface area contributed by atoms with Gasteiger partial charge in [-0.2, -0.15) is 0 Å². The van der Waals surface area contributed by atoms with Crippen LogP contribution in [0.5, 0.6) is 0 Å². The highest BCUT2D eigenvalue weighted by Crippen LogP contribution is 2.14. The number of rotatable bonds is 1. The van der Waals surface area contributed by atoms with E-state index in [2.05, 4.69) is 0 Å². The smallest absolute Gasteiger partial charge is 0.335 e. The lowest BCUT2D eigenvalue weighted by atomic mass is 10.0. The van der Waals surface area contributed by atoms with E-state index in [1.807, 2.05) is 0 Å². The molecule has 0 saturated heterocycles. The molecule has 1 aliphatic rings. The average molecular weight is 152 g/mol. The first-order chi connectivity index (χ1) is 5.24. The molecule has 0 aromatic heterocycles. The summed E-state index contributed by atoms with van der Waals surface area (Å²) in [6.45, 7) is 0. The number of aliphatic hydroxyl groups excluding tert-OH is 1. The van der Waals surface area contributed by atoms with Crippen molar-refractivity contribution in [1.82, 2.24) is 0 Å². The van der Waals surface area contributed by atoms with Crippen molar-refractivity contribution in [2.75, 3.05) is 0 Å². The van der Waals surface area contributed by atoms with E-state index < -0.39 is 5.97 Å². The number of carboxylic acid groups (broad SMARTS) is 1. The Kier molecular flexibility index (Phi) is 2.11. The summed E-state index contributed by atoms with van der Waals surface area (Å²) in [5.41, 5.74) is 0.991. The molecule has 3 heteroatoms. The number of aliphatic hydroxyl groups is 1. The zero-order chi connectivity index (χ0) is 8.27. The number of hydrogen-bond donors (Lipinski definition) is 2. The van der Waals surface area contributed by atoms with E-state index >= 15 is 0 Å². The van der Waals surface area contributed by atoms with Crippen LogP contribution in [0.2, 0.25) is 0 Å². The Balaban J connectivity index is 2.75. The standard InChI is InChI=1S/C8H8O3/c9-5-6-1-3-7(4-2-6)8(10)11/h1,3-5,9H,2H2,(H,10,11). The van der Waals surface area contributed by atoms with Crippen molar-refractivity contribution in [2.24, 2.45) is 0 Å². The van der Waals surface area contributed by atoms with Crippen molar-refractivity contribution in [3.63, 3.8) is 0 Å². The summed E-state index contributed by atoms with van der Waals surface area (Å²) in [6.07, 6.45) is 6.07. The number of aliphatic carboxylic acids is 1. The van der Waals surface area contributed by atoms with Crippen LogP contribution >= 0.6 is 0 Å². The zero-order valence-corrected chi connectivity index (χ0v) is 5.82. The summed E-state index contributed by atoms with van der Waals surface area (Å²) in [4.78, 5) is 10.3. The Bertz CT molecular complexity index is 259. The second kappa shape index (κ2) is 3.05. The summed E-state index contributed by atoms with van der Waals surface area (Å²) in [5.74, 6) is -0.932. The van der Waals surface area contributed by atoms with E-state index in [0.29, 0.717) is 6.42 Å². The van der Waals surface area contributed by atoms with Gasteiger partial charge in [0, 0.05) is 0 Å². The van der Waals surface area contributed by atoms with Gasteiger partial charge in [0.25, 0.3) is 0 Å². The van der Waals surface area contributed by atoms with Crippen molar-refractivity contribution in [1.29, 1.82) is 0 Å². The van der Waals surface area contributed by atoms with Crippen LogP contribution in [-0.2, 0) is 4.79 Å². The summed E-state index contributed by atoms with van der Waals surface area (Å²) < 4.78 is 0. The molecular formula is C8H8O3. The van der Waals surface area contributed by atoms with Gasteiger partial charge in [-0.05, 0) is 18.1 Å². The van der Waals surface area contributed by atoms with Gasteiger partial charge in [0.2, 0.25) is 0 Å². The van der Waals surface area contributed by atoms with Crippen LogP contribution in [-0.4, -0.2) is 16.2 Å². The number of hydrogen-bond acceptors (Lipinski definition) is 2. The highest BCUT2D eigenvalue weighted by atomic mass is 16.4. The van der Waals surface area contributed by atoms with Crippen LogP contribution in [0.3, 0.4) is 0 Å².